The lowest BCUT2D eigenvalue weighted by Crippen LogP contribution is -2.18. The molecule has 2 rings (SSSR count). The van der Waals surface area contributed by atoms with Gasteiger partial charge >= 0.3 is 5.91 Å². The third-order valence-corrected chi connectivity index (χ3v) is 2.65. The third-order valence-electron chi connectivity index (χ3n) is 2.22. The predicted octanol–water partition coefficient (Wildman–Crippen LogP) is 2.59. The van der Waals surface area contributed by atoms with Crippen molar-refractivity contribution in [2.45, 2.75) is 6.92 Å². The van der Waals surface area contributed by atoms with Crippen molar-refractivity contribution < 1.29 is 9.21 Å². The highest BCUT2D eigenvalue weighted by Crippen LogP contribution is 2.13. The summed E-state index contributed by atoms with van der Waals surface area (Å²) in [6.45, 7) is 1.80. The van der Waals surface area contributed by atoms with Crippen LogP contribution in [0.15, 0.2) is 50.8 Å². The van der Waals surface area contributed by atoms with E-state index in [0.29, 0.717) is 10.4 Å². The van der Waals surface area contributed by atoms with Crippen LogP contribution in [-0.2, 0) is 0 Å². The van der Waals surface area contributed by atoms with E-state index in [1.165, 1.54) is 0 Å². The van der Waals surface area contributed by atoms with E-state index in [1.807, 2.05) is 12.1 Å². The van der Waals surface area contributed by atoms with Crippen LogP contribution >= 0.6 is 15.9 Å². The molecule has 0 bridgehead atoms. The fraction of sp³-hybridized carbons (Fsp3) is 0.0833. The smallest absolute Gasteiger partial charge is 0.307 e. The maximum absolute atomic E-state index is 11.6. The fourth-order valence-electron chi connectivity index (χ4n) is 1.28. The van der Waals surface area contributed by atoms with E-state index in [1.54, 1.807) is 31.5 Å². The number of carbonyl (C=O) groups excluding carboxylic acids is 1. The van der Waals surface area contributed by atoms with Crippen molar-refractivity contribution >= 4 is 27.5 Å². The lowest BCUT2D eigenvalue weighted by Gasteiger charge is -2.00. The highest BCUT2D eigenvalue weighted by atomic mass is 79.9. The third kappa shape index (κ3) is 3.04. The van der Waals surface area contributed by atoms with Crippen LogP contribution in [0, 0.1) is 0 Å². The van der Waals surface area contributed by atoms with E-state index >= 15 is 0 Å². The van der Waals surface area contributed by atoms with Gasteiger partial charge in [0.05, 0.1) is 5.71 Å². The van der Waals surface area contributed by atoms with Crippen LogP contribution in [0.4, 0.5) is 0 Å². The first-order valence-electron chi connectivity index (χ1n) is 5.17. The van der Waals surface area contributed by atoms with Crippen molar-refractivity contribution in [3.8, 4) is 0 Å². The Balaban J connectivity index is 2.05. The largest absolute Gasteiger partial charge is 0.444 e. The van der Waals surface area contributed by atoms with Crippen molar-refractivity contribution in [3.63, 3.8) is 0 Å². The van der Waals surface area contributed by atoms with Gasteiger partial charge in [0.25, 0.3) is 0 Å². The van der Waals surface area contributed by atoms with Crippen molar-refractivity contribution in [3.05, 3.63) is 52.7 Å². The summed E-state index contributed by atoms with van der Waals surface area (Å²) in [6, 6.07) is 6.84. The van der Waals surface area contributed by atoms with Gasteiger partial charge in [-0.2, -0.15) is 5.10 Å². The molecular formula is C12H10BrN3O2. The molecule has 2 heterocycles. The molecule has 2 aromatic heterocycles. The summed E-state index contributed by atoms with van der Waals surface area (Å²) in [6.07, 6.45) is 3.33. The first-order valence-corrected chi connectivity index (χ1v) is 5.96. The molecule has 0 aliphatic rings. The quantitative estimate of drug-likeness (QED) is 0.700. The van der Waals surface area contributed by atoms with Crippen LogP contribution in [-0.4, -0.2) is 16.6 Å². The molecule has 0 fully saturated rings. The van der Waals surface area contributed by atoms with Gasteiger partial charge in [-0.3, -0.25) is 9.78 Å². The highest BCUT2D eigenvalue weighted by Gasteiger charge is 2.09. The number of furan rings is 1. The standard InChI is InChI=1S/C12H10BrN3O2/c1-8(9-4-6-14-7-5-9)15-16-12(17)10-2-3-11(13)18-10/h2-7H,1H3,(H,16,17)/b15-8+. The molecule has 2 aromatic rings. The Labute approximate surface area is 112 Å². The number of hydrogen-bond acceptors (Lipinski definition) is 4. The van der Waals surface area contributed by atoms with Crippen molar-refractivity contribution in [2.75, 3.05) is 0 Å². The van der Waals surface area contributed by atoms with Crippen LogP contribution in [0.5, 0.6) is 0 Å². The lowest BCUT2D eigenvalue weighted by atomic mass is 10.2. The number of hydrazone groups is 1. The SMILES string of the molecule is C/C(=N\NC(=O)c1ccc(Br)o1)c1ccncc1. The van der Waals surface area contributed by atoms with Gasteiger partial charge in [0.1, 0.15) is 0 Å². The number of pyridine rings is 1. The molecule has 92 valence electrons. The first kappa shape index (κ1) is 12.5. The summed E-state index contributed by atoms with van der Waals surface area (Å²) < 4.78 is 5.61. The number of amides is 1. The van der Waals surface area contributed by atoms with E-state index in [2.05, 4.69) is 31.4 Å². The molecular weight excluding hydrogens is 298 g/mol. The number of aromatic nitrogens is 1. The summed E-state index contributed by atoms with van der Waals surface area (Å²) >= 11 is 3.13. The number of rotatable bonds is 3. The van der Waals surface area contributed by atoms with Crippen LogP contribution in [0.2, 0.25) is 0 Å². The van der Waals surface area contributed by atoms with Gasteiger partial charge in [0.15, 0.2) is 10.4 Å². The van der Waals surface area contributed by atoms with E-state index in [9.17, 15) is 4.79 Å². The number of nitrogens with one attached hydrogen (secondary N) is 1. The first-order chi connectivity index (χ1) is 8.66. The molecule has 5 nitrogen and oxygen atoms in total. The van der Waals surface area contributed by atoms with Gasteiger partial charge in [-0.15, -0.1) is 0 Å². The summed E-state index contributed by atoms with van der Waals surface area (Å²) in [4.78, 5) is 15.6. The Kier molecular flexibility index (Phi) is 3.88. The van der Waals surface area contributed by atoms with Gasteiger partial charge in [0.2, 0.25) is 0 Å². The molecule has 18 heavy (non-hydrogen) atoms. The van der Waals surface area contributed by atoms with Crippen LogP contribution in [0.25, 0.3) is 0 Å². The number of carbonyl (C=O) groups is 1. The van der Waals surface area contributed by atoms with Gasteiger partial charge in [-0.25, -0.2) is 5.43 Å². The molecule has 6 heteroatoms. The molecule has 0 saturated heterocycles. The lowest BCUT2D eigenvalue weighted by molar-refractivity contribution is 0.0926. The molecule has 0 aromatic carbocycles. The molecule has 0 unspecified atom stereocenters. The Bertz CT molecular complexity index is 578. The Hall–Kier alpha value is -1.95. The predicted molar refractivity (Wildman–Crippen MR) is 70.3 cm³/mol. The van der Waals surface area contributed by atoms with E-state index in [-0.39, 0.29) is 5.76 Å². The van der Waals surface area contributed by atoms with Crippen molar-refractivity contribution in [1.29, 1.82) is 0 Å². The number of hydrogen-bond donors (Lipinski definition) is 1. The van der Waals surface area contributed by atoms with Crippen molar-refractivity contribution in [1.82, 2.24) is 10.4 Å². The van der Waals surface area contributed by atoms with E-state index in [0.717, 1.165) is 5.56 Å². The molecule has 0 aliphatic carbocycles. The zero-order valence-electron chi connectivity index (χ0n) is 9.55. The maximum atomic E-state index is 11.6. The maximum Gasteiger partial charge on any atom is 0.307 e. The van der Waals surface area contributed by atoms with Crippen LogP contribution in [0.3, 0.4) is 0 Å². The van der Waals surface area contributed by atoms with Gasteiger partial charge < -0.3 is 4.42 Å². The zero-order chi connectivity index (χ0) is 13.0. The minimum absolute atomic E-state index is 0.202. The second kappa shape index (κ2) is 5.59. The molecule has 1 amide bonds. The normalized spacial score (nSPS) is 11.3. The average molecular weight is 308 g/mol. The summed E-state index contributed by atoms with van der Waals surface area (Å²) in [5.74, 6) is -0.192. The topological polar surface area (TPSA) is 67.5 Å². The second-order valence-electron chi connectivity index (χ2n) is 3.48. The van der Waals surface area contributed by atoms with Gasteiger partial charge in [0, 0.05) is 18.0 Å². The van der Waals surface area contributed by atoms with E-state index in [4.69, 9.17) is 4.42 Å². The molecule has 0 radical (unpaired) electrons. The Morgan fingerprint density at radius 2 is 2.06 bits per heavy atom. The Morgan fingerprint density at radius 3 is 2.67 bits per heavy atom. The average Bonchev–Trinajstić information content (AvgIpc) is 2.83. The van der Waals surface area contributed by atoms with Gasteiger partial charge in [-0.05, 0) is 47.1 Å². The van der Waals surface area contributed by atoms with E-state index < -0.39 is 5.91 Å². The molecule has 0 saturated carbocycles. The minimum atomic E-state index is -0.394. The molecule has 0 atom stereocenters. The minimum Gasteiger partial charge on any atom is -0.444 e. The fourth-order valence-corrected chi connectivity index (χ4v) is 1.59. The Morgan fingerprint density at radius 1 is 1.33 bits per heavy atom. The zero-order valence-corrected chi connectivity index (χ0v) is 11.1. The van der Waals surface area contributed by atoms with Crippen LogP contribution in [0.1, 0.15) is 23.0 Å². The van der Waals surface area contributed by atoms with Gasteiger partial charge in [-0.1, -0.05) is 0 Å². The molecule has 0 spiro atoms. The second-order valence-corrected chi connectivity index (χ2v) is 4.26. The summed E-state index contributed by atoms with van der Waals surface area (Å²) in [7, 11) is 0. The molecule has 1 N–H and O–H groups in total. The van der Waals surface area contributed by atoms with Crippen LogP contribution < -0.4 is 5.43 Å². The monoisotopic (exact) mass is 307 g/mol. The number of halogens is 1. The summed E-state index contributed by atoms with van der Waals surface area (Å²) in [5, 5.41) is 3.99. The molecule has 0 aliphatic heterocycles. The number of nitrogens with zero attached hydrogens (tertiary/aromatic N) is 2. The summed E-state index contributed by atoms with van der Waals surface area (Å²) in [5.41, 5.74) is 4.01. The van der Waals surface area contributed by atoms with Crippen molar-refractivity contribution in [2.24, 2.45) is 5.10 Å². The highest BCUT2D eigenvalue weighted by molar-refractivity contribution is 9.10.